The zero-order valence-electron chi connectivity index (χ0n) is 18.1. The molecule has 2 aromatic rings. The van der Waals surface area contributed by atoms with E-state index in [2.05, 4.69) is 31.9 Å². The Bertz CT molecular complexity index is 672. The van der Waals surface area contributed by atoms with Gasteiger partial charge in [-0.15, -0.1) is 0 Å². The van der Waals surface area contributed by atoms with E-state index in [1.165, 1.54) is 0 Å². The predicted octanol–water partition coefficient (Wildman–Crippen LogP) is 2.61. The van der Waals surface area contributed by atoms with Gasteiger partial charge in [0, 0.05) is 24.5 Å². The smallest absolute Gasteiger partial charge is 0.192 e. The molecule has 8 nitrogen and oxygen atoms in total. The van der Waals surface area contributed by atoms with Gasteiger partial charge in [0.2, 0.25) is 0 Å². The van der Waals surface area contributed by atoms with Crippen molar-refractivity contribution in [2.45, 2.75) is 19.3 Å². The van der Waals surface area contributed by atoms with Crippen LogP contribution in [0.2, 0.25) is 0 Å². The van der Waals surface area contributed by atoms with Gasteiger partial charge in [0.25, 0.3) is 0 Å². The lowest BCUT2D eigenvalue weighted by Crippen LogP contribution is -2.32. The number of nitrogens with one attached hydrogen (secondary N) is 8. The topological polar surface area (TPSA) is 120 Å². The van der Waals surface area contributed by atoms with E-state index in [1.54, 1.807) is 0 Å². The maximum atomic E-state index is 7.87. The van der Waals surface area contributed by atoms with Crippen LogP contribution >= 0.6 is 0 Å². The number of benzene rings is 2. The van der Waals surface area contributed by atoms with Crippen LogP contribution in [-0.2, 0) is 0 Å². The Morgan fingerprint density at radius 1 is 0.516 bits per heavy atom. The van der Waals surface area contributed by atoms with Crippen LogP contribution in [0.25, 0.3) is 0 Å². The fourth-order valence-corrected chi connectivity index (χ4v) is 2.86. The first kappa shape index (κ1) is 24.2. The fourth-order valence-electron chi connectivity index (χ4n) is 2.86. The van der Waals surface area contributed by atoms with Gasteiger partial charge in [-0.2, -0.15) is 0 Å². The Morgan fingerprint density at radius 2 is 0.871 bits per heavy atom. The molecule has 2 rings (SSSR count). The van der Waals surface area contributed by atoms with Crippen molar-refractivity contribution in [3.63, 3.8) is 0 Å². The minimum Gasteiger partial charge on any atom is -0.356 e. The highest BCUT2D eigenvalue weighted by Crippen LogP contribution is 2.04. The van der Waals surface area contributed by atoms with Gasteiger partial charge in [-0.05, 0) is 69.7 Å². The monoisotopic (exact) mass is 424 g/mol. The second-order valence-corrected chi connectivity index (χ2v) is 7.15. The van der Waals surface area contributed by atoms with Gasteiger partial charge in [0.05, 0.1) is 0 Å². The molecular formula is C23H36N8. The lowest BCUT2D eigenvalue weighted by molar-refractivity contribution is 0.572. The van der Waals surface area contributed by atoms with Crippen molar-refractivity contribution in [1.82, 2.24) is 21.3 Å². The molecule has 8 heteroatoms. The van der Waals surface area contributed by atoms with Crippen LogP contribution in [0, 0.1) is 10.8 Å². The van der Waals surface area contributed by atoms with E-state index in [4.69, 9.17) is 10.8 Å². The molecule has 0 bridgehead atoms. The molecule has 0 saturated heterocycles. The molecule has 0 amide bonds. The lowest BCUT2D eigenvalue weighted by Gasteiger charge is -2.11. The Kier molecular flexibility index (Phi) is 12.2. The number of rotatable bonds is 14. The van der Waals surface area contributed by atoms with Gasteiger partial charge in [-0.3, -0.25) is 10.8 Å². The average Bonchev–Trinajstić information content (AvgIpc) is 2.78. The summed E-state index contributed by atoms with van der Waals surface area (Å²) in [7, 11) is 0. The number of anilines is 2. The second kappa shape index (κ2) is 15.7. The molecule has 0 unspecified atom stereocenters. The fraction of sp³-hybridized carbons (Fsp3) is 0.391. The van der Waals surface area contributed by atoms with Gasteiger partial charge in [0.15, 0.2) is 11.9 Å². The maximum absolute atomic E-state index is 7.87. The summed E-state index contributed by atoms with van der Waals surface area (Å²) in [5, 5.41) is 34.8. The first-order valence-corrected chi connectivity index (χ1v) is 10.9. The summed E-state index contributed by atoms with van der Waals surface area (Å²) in [5.41, 5.74) is 1.84. The Morgan fingerprint density at radius 3 is 1.26 bits per heavy atom. The third-order valence-electron chi connectivity index (χ3n) is 4.46. The van der Waals surface area contributed by atoms with Gasteiger partial charge < -0.3 is 31.9 Å². The normalized spacial score (nSPS) is 10.3. The highest BCUT2D eigenvalue weighted by Gasteiger charge is 1.97. The molecule has 0 radical (unpaired) electrons. The third kappa shape index (κ3) is 12.2. The van der Waals surface area contributed by atoms with Crippen LogP contribution in [-0.4, -0.2) is 51.2 Å². The lowest BCUT2D eigenvalue weighted by atomic mass is 10.3. The third-order valence-corrected chi connectivity index (χ3v) is 4.46. The summed E-state index contributed by atoms with van der Waals surface area (Å²) in [6, 6.07) is 19.5. The average molecular weight is 425 g/mol. The molecule has 0 saturated carbocycles. The van der Waals surface area contributed by atoms with Crippen LogP contribution in [0.3, 0.4) is 0 Å². The molecule has 0 aliphatic heterocycles. The van der Waals surface area contributed by atoms with Crippen LogP contribution in [0.5, 0.6) is 0 Å². The molecular weight excluding hydrogens is 388 g/mol. The van der Waals surface area contributed by atoms with E-state index in [0.29, 0.717) is 11.9 Å². The standard InChI is InChI=1S/C23H36N8/c24-22(30-20-10-3-1-4-11-20)28-18-8-16-26-14-7-15-27-17-9-19-29-23(25)31-21-12-5-2-6-13-21/h1-6,10-13,26-27H,7-9,14-19H2,(H3,24,28,30)(H3,25,29,31). The van der Waals surface area contributed by atoms with Crippen molar-refractivity contribution >= 4 is 23.3 Å². The highest BCUT2D eigenvalue weighted by atomic mass is 15.1. The van der Waals surface area contributed by atoms with Gasteiger partial charge in [-0.25, -0.2) is 0 Å². The molecule has 0 aliphatic carbocycles. The summed E-state index contributed by atoms with van der Waals surface area (Å²) in [6.07, 6.45) is 3.03. The van der Waals surface area contributed by atoms with E-state index in [9.17, 15) is 0 Å². The molecule has 2 aromatic carbocycles. The Labute approximate surface area is 185 Å². The van der Waals surface area contributed by atoms with E-state index in [0.717, 1.165) is 69.9 Å². The molecule has 0 fully saturated rings. The SMILES string of the molecule is N=C(NCCCNCCCNCCCNC(=N)Nc1ccccc1)Nc1ccccc1. The minimum absolute atomic E-state index is 0.330. The largest absolute Gasteiger partial charge is 0.356 e. The molecule has 8 N–H and O–H groups in total. The summed E-state index contributed by atoms with van der Waals surface area (Å²) < 4.78 is 0. The van der Waals surface area contributed by atoms with Crippen molar-refractivity contribution < 1.29 is 0 Å². The van der Waals surface area contributed by atoms with Crippen molar-refractivity contribution in [2.75, 3.05) is 49.9 Å². The summed E-state index contributed by atoms with van der Waals surface area (Å²) >= 11 is 0. The zero-order chi connectivity index (χ0) is 22.0. The van der Waals surface area contributed by atoms with Gasteiger partial charge in [-0.1, -0.05) is 36.4 Å². The first-order valence-electron chi connectivity index (χ1n) is 10.9. The van der Waals surface area contributed by atoms with E-state index >= 15 is 0 Å². The number of para-hydroxylation sites is 2. The minimum atomic E-state index is 0.330. The quantitative estimate of drug-likeness (QED) is 0.134. The predicted molar refractivity (Wildman–Crippen MR) is 131 cm³/mol. The zero-order valence-corrected chi connectivity index (χ0v) is 18.1. The number of guanidine groups is 2. The van der Waals surface area contributed by atoms with E-state index in [-0.39, 0.29) is 0 Å². The maximum Gasteiger partial charge on any atom is 0.192 e. The van der Waals surface area contributed by atoms with Crippen LogP contribution in [0.4, 0.5) is 11.4 Å². The molecule has 31 heavy (non-hydrogen) atoms. The first-order chi connectivity index (χ1) is 15.2. The molecule has 0 heterocycles. The van der Waals surface area contributed by atoms with E-state index in [1.807, 2.05) is 60.7 Å². The second-order valence-electron chi connectivity index (χ2n) is 7.15. The van der Waals surface area contributed by atoms with Crippen LogP contribution in [0.15, 0.2) is 60.7 Å². The van der Waals surface area contributed by atoms with Crippen molar-refractivity contribution in [1.29, 1.82) is 10.8 Å². The summed E-state index contributed by atoms with van der Waals surface area (Å²) in [4.78, 5) is 0. The number of hydrogen-bond acceptors (Lipinski definition) is 4. The van der Waals surface area contributed by atoms with Crippen LogP contribution < -0.4 is 31.9 Å². The van der Waals surface area contributed by atoms with Crippen molar-refractivity contribution in [2.24, 2.45) is 0 Å². The molecule has 168 valence electrons. The summed E-state index contributed by atoms with van der Waals surface area (Å²) in [5.74, 6) is 0.659. The van der Waals surface area contributed by atoms with E-state index < -0.39 is 0 Å². The Balaban J connectivity index is 1.31. The number of hydrogen-bond donors (Lipinski definition) is 8. The van der Waals surface area contributed by atoms with Crippen molar-refractivity contribution in [3.8, 4) is 0 Å². The van der Waals surface area contributed by atoms with Gasteiger partial charge in [0.1, 0.15) is 0 Å². The van der Waals surface area contributed by atoms with Crippen LogP contribution in [0.1, 0.15) is 19.3 Å². The highest BCUT2D eigenvalue weighted by molar-refractivity contribution is 5.91. The summed E-state index contributed by atoms with van der Waals surface area (Å²) in [6.45, 7) is 5.38. The molecule has 0 aromatic heterocycles. The molecule has 0 atom stereocenters. The van der Waals surface area contributed by atoms with Gasteiger partial charge >= 0.3 is 0 Å². The van der Waals surface area contributed by atoms with Crippen molar-refractivity contribution in [3.05, 3.63) is 60.7 Å². The molecule has 0 spiro atoms. The Hall–Kier alpha value is -3.10. The molecule has 0 aliphatic rings.